The van der Waals surface area contributed by atoms with Crippen LogP contribution in [0.25, 0.3) is 0 Å². The van der Waals surface area contributed by atoms with Crippen LogP contribution in [0.3, 0.4) is 0 Å². The van der Waals surface area contributed by atoms with Gasteiger partial charge < -0.3 is 5.32 Å². The standard InChI is InChI=1S/C16H23N3/c1-12-5-6-13(2)16(9-12)14(3)17-8-7-15-10-18-19(4)11-15/h5-6,9-11,14,17H,7-8H2,1-4H3. The summed E-state index contributed by atoms with van der Waals surface area (Å²) < 4.78 is 1.85. The molecule has 1 heterocycles. The van der Waals surface area contributed by atoms with Crippen molar-refractivity contribution in [2.75, 3.05) is 6.54 Å². The number of benzene rings is 1. The molecule has 3 nitrogen and oxygen atoms in total. The predicted octanol–water partition coefficient (Wildman–Crippen LogP) is 2.93. The molecule has 1 aromatic heterocycles. The van der Waals surface area contributed by atoms with E-state index in [0.29, 0.717) is 6.04 Å². The highest BCUT2D eigenvalue weighted by Gasteiger charge is 2.08. The highest BCUT2D eigenvalue weighted by Crippen LogP contribution is 2.18. The van der Waals surface area contributed by atoms with Gasteiger partial charge in [-0.3, -0.25) is 4.68 Å². The fourth-order valence-electron chi connectivity index (χ4n) is 2.37. The van der Waals surface area contributed by atoms with E-state index in [9.17, 15) is 0 Å². The average molecular weight is 257 g/mol. The van der Waals surface area contributed by atoms with E-state index in [0.717, 1.165) is 13.0 Å². The SMILES string of the molecule is Cc1ccc(C)c(C(C)NCCc2cnn(C)c2)c1. The van der Waals surface area contributed by atoms with Crippen molar-refractivity contribution in [2.24, 2.45) is 7.05 Å². The second-order valence-corrected chi connectivity index (χ2v) is 5.31. The Morgan fingerprint density at radius 1 is 1.32 bits per heavy atom. The third kappa shape index (κ3) is 3.67. The molecule has 0 saturated heterocycles. The molecule has 1 unspecified atom stereocenters. The van der Waals surface area contributed by atoms with E-state index in [1.807, 2.05) is 17.9 Å². The zero-order valence-electron chi connectivity index (χ0n) is 12.3. The topological polar surface area (TPSA) is 29.9 Å². The zero-order valence-corrected chi connectivity index (χ0v) is 12.3. The van der Waals surface area contributed by atoms with Gasteiger partial charge in [0, 0.05) is 19.3 Å². The van der Waals surface area contributed by atoms with Crippen molar-refractivity contribution >= 4 is 0 Å². The molecule has 102 valence electrons. The number of rotatable bonds is 5. The molecule has 2 aromatic rings. The first kappa shape index (κ1) is 13.8. The molecule has 19 heavy (non-hydrogen) atoms. The molecule has 1 atom stereocenters. The maximum Gasteiger partial charge on any atom is 0.0522 e. The van der Waals surface area contributed by atoms with Crippen molar-refractivity contribution in [3.63, 3.8) is 0 Å². The maximum absolute atomic E-state index is 4.19. The number of hydrogen-bond acceptors (Lipinski definition) is 2. The minimum absolute atomic E-state index is 0.386. The van der Waals surface area contributed by atoms with Crippen LogP contribution in [-0.4, -0.2) is 16.3 Å². The van der Waals surface area contributed by atoms with Crippen LogP contribution < -0.4 is 5.32 Å². The Morgan fingerprint density at radius 3 is 2.79 bits per heavy atom. The molecule has 3 heteroatoms. The quantitative estimate of drug-likeness (QED) is 0.892. The molecular formula is C16H23N3. The van der Waals surface area contributed by atoms with Gasteiger partial charge in [0.05, 0.1) is 6.20 Å². The van der Waals surface area contributed by atoms with Gasteiger partial charge in [0.25, 0.3) is 0 Å². The molecule has 0 aliphatic rings. The molecule has 1 N–H and O–H groups in total. The molecule has 0 fully saturated rings. The van der Waals surface area contributed by atoms with E-state index in [-0.39, 0.29) is 0 Å². The van der Waals surface area contributed by atoms with Gasteiger partial charge in [-0.15, -0.1) is 0 Å². The number of nitrogens with zero attached hydrogens (tertiary/aromatic N) is 2. The van der Waals surface area contributed by atoms with Crippen molar-refractivity contribution in [1.29, 1.82) is 0 Å². The normalized spacial score (nSPS) is 12.6. The maximum atomic E-state index is 4.19. The van der Waals surface area contributed by atoms with E-state index in [1.54, 1.807) is 0 Å². The van der Waals surface area contributed by atoms with E-state index < -0.39 is 0 Å². The van der Waals surface area contributed by atoms with Gasteiger partial charge in [0.1, 0.15) is 0 Å². The van der Waals surface area contributed by atoms with Crippen LogP contribution in [0.15, 0.2) is 30.6 Å². The molecule has 1 aromatic carbocycles. The highest BCUT2D eigenvalue weighted by molar-refractivity contribution is 5.32. The van der Waals surface area contributed by atoms with Crippen LogP contribution in [0.1, 0.15) is 35.2 Å². The summed E-state index contributed by atoms with van der Waals surface area (Å²) in [7, 11) is 1.95. The largest absolute Gasteiger partial charge is 0.310 e. The lowest BCUT2D eigenvalue weighted by molar-refractivity contribution is 0.574. The van der Waals surface area contributed by atoms with Crippen molar-refractivity contribution in [3.8, 4) is 0 Å². The number of nitrogens with one attached hydrogen (secondary N) is 1. The second kappa shape index (κ2) is 6.02. The first-order chi connectivity index (χ1) is 9.06. The van der Waals surface area contributed by atoms with E-state index in [1.165, 1.54) is 22.3 Å². The summed E-state index contributed by atoms with van der Waals surface area (Å²) in [6, 6.07) is 7.03. The smallest absolute Gasteiger partial charge is 0.0522 e. The molecule has 0 spiro atoms. The summed E-state index contributed by atoms with van der Waals surface area (Å²) >= 11 is 0. The Morgan fingerprint density at radius 2 is 2.11 bits per heavy atom. The zero-order chi connectivity index (χ0) is 13.8. The molecule has 0 aliphatic carbocycles. The van der Waals surface area contributed by atoms with Crippen molar-refractivity contribution in [3.05, 3.63) is 52.8 Å². The summed E-state index contributed by atoms with van der Waals surface area (Å²) in [5.41, 5.74) is 5.35. The van der Waals surface area contributed by atoms with E-state index >= 15 is 0 Å². The average Bonchev–Trinajstić information content (AvgIpc) is 2.78. The molecular weight excluding hydrogens is 234 g/mol. The number of aryl methyl sites for hydroxylation is 3. The van der Waals surface area contributed by atoms with Gasteiger partial charge >= 0.3 is 0 Å². The van der Waals surface area contributed by atoms with Gasteiger partial charge in [0.2, 0.25) is 0 Å². The van der Waals surface area contributed by atoms with Crippen LogP contribution in [0, 0.1) is 13.8 Å². The van der Waals surface area contributed by atoms with E-state index in [4.69, 9.17) is 0 Å². The van der Waals surface area contributed by atoms with Gasteiger partial charge in [0.15, 0.2) is 0 Å². The number of hydrogen-bond donors (Lipinski definition) is 1. The van der Waals surface area contributed by atoms with Crippen LogP contribution in [0.2, 0.25) is 0 Å². The van der Waals surface area contributed by atoms with Gasteiger partial charge in [-0.25, -0.2) is 0 Å². The van der Waals surface area contributed by atoms with Crippen molar-refractivity contribution in [2.45, 2.75) is 33.2 Å². The van der Waals surface area contributed by atoms with Crippen LogP contribution >= 0.6 is 0 Å². The van der Waals surface area contributed by atoms with Crippen LogP contribution in [0.5, 0.6) is 0 Å². The molecule has 0 saturated carbocycles. The minimum atomic E-state index is 0.386. The third-order valence-electron chi connectivity index (χ3n) is 3.52. The van der Waals surface area contributed by atoms with Gasteiger partial charge in [-0.2, -0.15) is 5.10 Å². The Balaban J connectivity index is 1.90. The van der Waals surface area contributed by atoms with Crippen LogP contribution in [0.4, 0.5) is 0 Å². The highest BCUT2D eigenvalue weighted by atomic mass is 15.2. The Labute approximate surface area is 115 Å². The summed E-state index contributed by atoms with van der Waals surface area (Å²) in [6.45, 7) is 7.52. The monoisotopic (exact) mass is 257 g/mol. The Kier molecular flexibility index (Phi) is 4.38. The van der Waals surface area contributed by atoms with Crippen molar-refractivity contribution < 1.29 is 0 Å². The fourth-order valence-corrected chi connectivity index (χ4v) is 2.37. The predicted molar refractivity (Wildman–Crippen MR) is 79.2 cm³/mol. The summed E-state index contributed by atoms with van der Waals surface area (Å²) in [4.78, 5) is 0. The summed E-state index contributed by atoms with van der Waals surface area (Å²) in [5.74, 6) is 0. The Bertz CT molecular complexity index is 543. The number of aromatic nitrogens is 2. The van der Waals surface area contributed by atoms with Crippen LogP contribution in [-0.2, 0) is 13.5 Å². The molecule has 0 bridgehead atoms. The fraction of sp³-hybridized carbons (Fsp3) is 0.438. The first-order valence-electron chi connectivity index (χ1n) is 6.84. The van der Waals surface area contributed by atoms with Gasteiger partial charge in [-0.1, -0.05) is 23.8 Å². The molecule has 0 aliphatic heterocycles. The molecule has 0 radical (unpaired) electrons. The second-order valence-electron chi connectivity index (χ2n) is 5.31. The molecule has 2 rings (SSSR count). The summed E-state index contributed by atoms with van der Waals surface area (Å²) in [5, 5.41) is 7.77. The summed E-state index contributed by atoms with van der Waals surface area (Å²) in [6.07, 6.45) is 5.03. The van der Waals surface area contributed by atoms with Crippen molar-refractivity contribution in [1.82, 2.24) is 15.1 Å². The first-order valence-corrected chi connectivity index (χ1v) is 6.84. The lowest BCUT2D eigenvalue weighted by Gasteiger charge is -2.17. The lowest BCUT2D eigenvalue weighted by Crippen LogP contribution is -2.22. The third-order valence-corrected chi connectivity index (χ3v) is 3.52. The molecule has 0 amide bonds. The lowest BCUT2D eigenvalue weighted by atomic mass is 10.00. The minimum Gasteiger partial charge on any atom is -0.310 e. The van der Waals surface area contributed by atoms with E-state index in [2.05, 4.69) is 55.6 Å². The Hall–Kier alpha value is -1.61. The van der Waals surface area contributed by atoms with Gasteiger partial charge in [-0.05, 0) is 50.4 Å².